The standard InChI is InChI=1S/C15H10Cl2O2/c16-11-2-1-3-13(7-11)18-9-14-6-10-4-5-12(17)8-15(10)19-14/h1-8H,9H2. The minimum absolute atomic E-state index is 0.354. The average molecular weight is 293 g/mol. The van der Waals surface area contributed by atoms with Gasteiger partial charge in [-0.3, -0.25) is 0 Å². The molecule has 0 fully saturated rings. The van der Waals surface area contributed by atoms with Crippen molar-refractivity contribution in [3.8, 4) is 5.75 Å². The summed E-state index contributed by atoms with van der Waals surface area (Å²) in [5, 5.41) is 2.31. The Morgan fingerprint density at radius 1 is 0.947 bits per heavy atom. The largest absolute Gasteiger partial charge is 0.486 e. The van der Waals surface area contributed by atoms with Crippen LogP contribution in [0, 0.1) is 0 Å². The van der Waals surface area contributed by atoms with Crippen molar-refractivity contribution >= 4 is 34.2 Å². The molecule has 3 rings (SSSR count). The Kier molecular flexibility index (Phi) is 3.36. The van der Waals surface area contributed by atoms with E-state index < -0.39 is 0 Å². The number of hydrogen-bond donors (Lipinski definition) is 0. The van der Waals surface area contributed by atoms with E-state index in [4.69, 9.17) is 32.4 Å². The monoisotopic (exact) mass is 292 g/mol. The van der Waals surface area contributed by atoms with Crippen molar-refractivity contribution in [3.63, 3.8) is 0 Å². The van der Waals surface area contributed by atoms with Crippen LogP contribution in [0.25, 0.3) is 11.0 Å². The third-order valence-electron chi connectivity index (χ3n) is 2.71. The van der Waals surface area contributed by atoms with Crippen LogP contribution in [-0.4, -0.2) is 0 Å². The summed E-state index contributed by atoms with van der Waals surface area (Å²) < 4.78 is 11.3. The van der Waals surface area contributed by atoms with Crippen LogP contribution in [0.1, 0.15) is 5.76 Å². The first kappa shape index (κ1) is 12.4. The molecule has 0 N–H and O–H groups in total. The summed E-state index contributed by atoms with van der Waals surface area (Å²) in [7, 11) is 0. The molecule has 0 saturated heterocycles. The molecule has 0 atom stereocenters. The maximum Gasteiger partial charge on any atom is 0.146 e. The molecule has 3 aromatic rings. The molecule has 96 valence electrons. The molecule has 2 aromatic carbocycles. The van der Waals surface area contributed by atoms with Gasteiger partial charge in [0.25, 0.3) is 0 Å². The fraction of sp³-hybridized carbons (Fsp3) is 0.0667. The van der Waals surface area contributed by atoms with Crippen LogP contribution in [-0.2, 0) is 6.61 Å². The van der Waals surface area contributed by atoms with Crippen molar-refractivity contribution in [1.29, 1.82) is 0 Å². The van der Waals surface area contributed by atoms with E-state index in [1.807, 2.05) is 30.3 Å². The van der Waals surface area contributed by atoms with Crippen LogP contribution in [0.4, 0.5) is 0 Å². The number of rotatable bonds is 3. The molecular formula is C15H10Cl2O2. The summed E-state index contributed by atoms with van der Waals surface area (Å²) >= 11 is 11.8. The van der Waals surface area contributed by atoms with Crippen molar-refractivity contribution in [3.05, 3.63) is 64.3 Å². The fourth-order valence-electron chi connectivity index (χ4n) is 1.84. The van der Waals surface area contributed by atoms with E-state index in [1.54, 1.807) is 18.2 Å². The first-order valence-corrected chi connectivity index (χ1v) is 6.53. The lowest BCUT2D eigenvalue weighted by molar-refractivity contribution is 0.274. The van der Waals surface area contributed by atoms with Crippen molar-refractivity contribution in [2.24, 2.45) is 0 Å². The molecule has 2 nitrogen and oxygen atoms in total. The molecule has 0 bridgehead atoms. The summed E-state index contributed by atoms with van der Waals surface area (Å²) in [4.78, 5) is 0. The second-order valence-corrected chi connectivity index (χ2v) is 5.01. The molecule has 1 heterocycles. The Hall–Kier alpha value is -1.64. The van der Waals surface area contributed by atoms with Crippen LogP contribution in [0.3, 0.4) is 0 Å². The highest BCUT2D eigenvalue weighted by atomic mass is 35.5. The molecule has 0 aliphatic heterocycles. The Morgan fingerprint density at radius 3 is 2.63 bits per heavy atom. The number of fused-ring (bicyclic) bond motifs is 1. The zero-order valence-corrected chi connectivity index (χ0v) is 11.4. The van der Waals surface area contributed by atoms with Gasteiger partial charge in [0.05, 0.1) is 0 Å². The highest BCUT2D eigenvalue weighted by molar-refractivity contribution is 6.31. The van der Waals surface area contributed by atoms with E-state index >= 15 is 0 Å². The van der Waals surface area contributed by atoms with Gasteiger partial charge in [-0.05, 0) is 36.4 Å². The Morgan fingerprint density at radius 2 is 1.79 bits per heavy atom. The van der Waals surface area contributed by atoms with Crippen LogP contribution < -0.4 is 4.74 Å². The van der Waals surface area contributed by atoms with Crippen LogP contribution in [0.2, 0.25) is 10.0 Å². The van der Waals surface area contributed by atoms with Gasteiger partial charge in [0.2, 0.25) is 0 Å². The lowest BCUT2D eigenvalue weighted by Gasteiger charge is -2.03. The van der Waals surface area contributed by atoms with Gasteiger partial charge in [0.15, 0.2) is 0 Å². The lowest BCUT2D eigenvalue weighted by Crippen LogP contribution is -1.93. The quantitative estimate of drug-likeness (QED) is 0.652. The summed E-state index contributed by atoms with van der Waals surface area (Å²) in [5.41, 5.74) is 0.761. The molecule has 0 saturated carbocycles. The fourth-order valence-corrected chi connectivity index (χ4v) is 2.18. The van der Waals surface area contributed by atoms with Gasteiger partial charge in [-0.25, -0.2) is 0 Å². The predicted molar refractivity (Wildman–Crippen MR) is 77.0 cm³/mol. The summed E-state index contributed by atoms with van der Waals surface area (Å²) in [6.45, 7) is 0.354. The highest BCUT2D eigenvalue weighted by Crippen LogP contribution is 2.24. The average Bonchev–Trinajstić information content (AvgIpc) is 2.78. The van der Waals surface area contributed by atoms with Crippen molar-refractivity contribution in [2.45, 2.75) is 6.61 Å². The van der Waals surface area contributed by atoms with Gasteiger partial charge < -0.3 is 9.15 Å². The van der Waals surface area contributed by atoms with Gasteiger partial charge in [-0.2, -0.15) is 0 Å². The minimum Gasteiger partial charge on any atom is -0.486 e. The number of hydrogen-bond acceptors (Lipinski definition) is 2. The summed E-state index contributed by atoms with van der Waals surface area (Å²) in [6, 6.07) is 14.8. The first-order chi connectivity index (χ1) is 9.20. The smallest absolute Gasteiger partial charge is 0.146 e. The van der Waals surface area contributed by atoms with Gasteiger partial charge in [-0.15, -0.1) is 0 Å². The number of benzene rings is 2. The van der Waals surface area contributed by atoms with Crippen molar-refractivity contribution in [2.75, 3.05) is 0 Å². The molecule has 0 unspecified atom stereocenters. The molecule has 0 aliphatic carbocycles. The SMILES string of the molecule is Clc1cccc(OCc2cc3ccc(Cl)cc3o2)c1. The molecule has 0 spiro atoms. The highest BCUT2D eigenvalue weighted by Gasteiger charge is 2.05. The third-order valence-corrected chi connectivity index (χ3v) is 3.18. The normalized spacial score (nSPS) is 10.8. The van der Waals surface area contributed by atoms with E-state index in [0.717, 1.165) is 16.7 Å². The maximum absolute atomic E-state index is 5.91. The summed E-state index contributed by atoms with van der Waals surface area (Å²) in [5.74, 6) is 1.46. The predicted octanol–water partition coefficient (Wildman–Crippen LogP) is 5.32. The molecule has 0 radical (unpaired) electrons. The zero-order chi connectivity index (χ0) is 13.2. The van der Waals surface area contributed by atoms with Gasteiger partial charge in [0.1, 0.15) is 23.7 Å². The Bertz CT molecular complexity index is 719. The molecule has 0 aliphatic rings. The van der Waals surface area contributed by atoms with Crippen molar-refractivity contribution in [1.82, 2.24) is 0 Å². The lowest BCUT2D eigenvalue weighted by atomic mass is 10.2. The molecule has 0 amide bonds. The molecule has 1 aromatic heterocycles. The second-order valence-electron chi connectivity index (χ2n) is 4.14. The molecule has 4 heteroatoms. The van der Waals surface area contributed by atoms with Crippen LogP contribution in [0.5, 0.6) is 5.75 Å². The van der Waals surface area contributed by atoms with E-state index in [9.17, 15) is 0 Å². The van der Waals surface area contributed by atoms with Gasteiger partial charge in [0, 0.05) is 21.5 Å². The molecular weight excluding hydrogens is 283 g/mol. The minimum atomic E-state index is 0.354. The first-order valence-electron chi connectivity index (χ1n) is 5.77. The van der Waals surface area contributed by atoms with Crippen LogP contribution >= 0.6 is 23.2 Å². The molecule has 19 heavy (non-hydrogen) atoms. The number of furan rings is 1. The van der Waals surface area contributed by atoms with Gasteiger partial charge in [-0.1, -0.05) is 29.3 Å². The van der Waals surface area contributed by atoms with Crippen LogP contribution in [0.15, 0.2) is 52.9 Å². The number of ether oxygens (including phenoxy) is 1. The van der Waals surface area contributed by atoms with E-state index in [0.29, 0.717) is 22.4 Å². The Labute approximate surface area is 120 Å². The topological polar surface area (TPSA) is 22.4 Å². The van der Waals surface area contributed by atoms with E-state index in [-0.39, 0.29) is 0 Å². The van der Waals surface area contributed by atoms with E-state index in [2.05, 4.69) is 0 Å². The zero-order valence-electron chi connectivity index (χ0n) is 9.90. The third kappa shape index (κ3) is 2.86. The Balaban J connectivity index is 1.78. The second kappa shape index (κ2) is 5.16. The number of halogens is 2. The van der Waals surface area contributed by atoms with E-state index in [1.165, 1.54) is 0 Å². The van der Waals surface area contributed by atoms with Gasteiger partial charge >= 0.3 is 0 Å². The summed E-state index contributed by atoms with van der Waals surface area (Å²) in [6.07, 6.45) is 0. The van der Waals surface area contributed by atoms with Crippen molar-refractivity contribution < 1.29 is 9.15 Å². The maximum atomic E-state index is 5.91.